The number of nitrogens with two attached hydrogens (primary N) is 1. The van der Waals surface area contributed by atoms with E-state index in [2.05, 4.69) is 20.7 Å². The molecule has 4 N–H and O–H groups in total. The van der Waals surface area contributed by atoms with Gasteiger partial charge in [-0.1, -0.05) is 24.3 Å². The van der Waals surface area contributed by atoms with Crippen molar-refractivity contribution in [3.63, 3.8) is 0 Å². The summed E-state index contributed by atoms with van der Waals surface area (Å²) in [6.07, 6.45) is 1.69. The highest BCUT2D eigenvalue weighted by Gasteiger charge is 2.18. The molecule has 1 aromatic carbocycles. The van der Waals surface area contributed by atoms with E-state index in [1.165, 1.54) is 0 Å². The van der Waals surface area contributed by atoms with Crippen molar-refractivity contribution < 1.29 is 0 Å². The molecule has 0 saturated heterocycles. The van der Waals surface area contributed by atoms with Crippen LogP contribution < -0.4 is 16.6 Å². The first-order valence-corrected chi connectivity index (χ1v) is 6.16. The average molecular weight is 253 g/mol. The number of benzene rings is 1. The zero-order valence-corrected chi connectivity index (χ0v) is 10.4. The Hall–Kier alpha value is -2.24. The van der Waals surface area contributed by atoms with Gasteiger partial charge in [0.15, 0.2) is 0 Å². The molecule has 2 aromatic rings. The predicted octanol–water partition coefficient (Wildman–Crippen LogP) is 1.13. The van der Waals surface area contributed by atoms with Crippen molar-refractivity contribution in [3.8, 4) is 0 Å². The number of aliphatic imine (C=N–C) groups is 1. The van der Waals surface area contributed by atoms with E-state index < -0.39 is 0 Å². The number of nitrogens with zero attached hydrogens (tertiary/aromatic N) is 2. The molecule has 3 rings (SSSR count). The van der Waals surface area contributed by atoms with Crippen LogP contribution in [0.1, 0.15) is 11.3 Å². The lowest BCUT2D eigenvalue weighted by Gasteiger charge is -2.15. The SMILES string of the molecule is NNC1CN=C(c2ccccn2)c2ccccc2N1. The summed E-state index contributed by atoms with van der Waals surface area (Å²) in [5.74, 6) is 5.52. The third kappa shape index (κ3) is 2.33. The smallest absolute Gasteiger partial charge is 0.109 e. The summed E-state index contributed by atoms with van der Waals surface area (Å²) in [5.41, 5.74) is 6.53. The van der Waals surface area contributed by atoms with E-state index in [0.29, 0.717) is 6.54 Å². The molecule has 0 bridgehead atoms. The van der Waals surface area contributed by atoms with Gasteiger partial charge in [0.2, 0.25) is 0 Å². The highest BCUT2D eigenvalue weighted by molar-refractivity contribution is 6.15. The molecule has 1 aliphatic rings. The van der Waals surface area contributed by atoms with Gasteiger partial charge in [0.05, 0.1) is 18.0 Å². The molecule has 5 heteroatoms. The van der Waals surface area contributed by atoms with Crippen LogP contribution in [0.25, 0.3) is 0 Å². The quantitative estimate of drug-likeness (QED) is 0.554. The number of aromatic nitrogens is 1. The summed E-state index contributed by atoms with van der Waals surface area (Å²) in [7, 11) is 0. The first-order valence-electron chi connectivity index (χ1n) is 6.16. The van der Waals surface area contributed by atoms with Crippen LogP contribution in [-0.4, -0.2) is 23.4 Å². The molecule has 1 atom stereocenters. The fourth-order valence-corrected chi connectivity index (χ4v) is 2.13. The zero-order valence-electron chi connectivity index (χ0n) is 10.4. The van der Waals surface area contributed by atoms with Crippen LogP contribution in [0.15, 0.2) is 53.7 Å². The van der Waals surface area contributed by atoms with Gasteiger partial charge in [-0.2, -0.15) is 0 Å². The number of pyridine rings is 1. The van der Waals surface area contributed by atoms with Crippen molar-refractivity contribution in [2.24, 2.45) is 10.8 Å². The maximum Gasteiger partial charge on any atom is 0.109 e. The minimum absolute atomic E-state index is 0.0811. The number of hydrazine groups is 1. The van der Waals surface area contributed by atoms with E-state index in [4.69, 9.17) is 5.84 Å². The van der Waals surface area contributed by atoms with E-state index in [9.17, 15) is 0 Å². The van der Waals surface area contributed by atoms with Crippen LogP contribution in [0.5, 0.6) is 0 Å². The minimum atomic E-state index is -0.0811. The van der Waals surface area contributed by atoms with Crippen molar-refractivity contribution in [3.05, 3.63) is 59.9 Å². The minimum Gasteiger partial charge on any atom is -0.367 e. The second-order valence-electron chi connectivity index (χ2n) is 4.31. The topological polar surface area (TPSA) is 75.3 Å². The zero-order chi connectivity index (χ0) is 13.1. The number of hydrogen-bond acceptors (Lipinski definition) is 5. The van der Waals surface area contributed by atoms with E-state index in [1.807, 2.05) is 42.5 Å². The number of fused-ring (bicyclic) bond motifs is 1. The molecular formula is C14H15N5. The lowest BCUT2D eigenvalue weighted by molar-refractivity contribution is 0.595. The van der Waals surface area contributed by atoms with Crippen LogP contribution in [-0.2, 0) is 0 Å². The number of anilines is 1. The van der Waals surface area contributed by atoms with Crippen LogP contribution in [0.4, 0.5) is 5.69 Å². The lowest BCUT2D eigenvalue weighted by atomic mass is 10.0. The predicted molar refractivity (Wildman–Crippen MR) is 75.9 cm³/mol. The molecule has 0 fully saturated rings. The van der Waals surface area contributed by atoms with Crippen LogP contribution in [0.2, 0.25) is 0 Å². The third-order valence-electron chi connectivity index (χ3n) is 3.05. The molecule has 2 heterocycles. The number of rotatable bonds is 2. The Bertz CT molecular complexity index is 594. The Balaban J connectivity index is 2.11. The number of benzodiazepines with no additional fused rings is 1. The molecule has 1 aliphatic heterocycles. The lowest BCUT2D eigenvalue weighted by Crippen LogP contribution is -2.42. The number of nitrogens with one attached hydrogen (secondary N) is 2. The van der Waals surface area contributed by atoms with E-state index in [1.54, 1.807) is 6.20 Å². The molecule has 1 unspecified atom stereocenters. The van der Waals surface area contributed by atoms with Gasteiger partial charge >= 0.3 is 0 Å². The van der Waals surface area contributed by atoms with Gasteiger partial charge in [-0.05, 0) is 18.2 Å². The monoisotopic (exact) mass is 253 g/mol. The van der Waals surface area contributed by atoms with Gasteiger partial charge in [-0.25, -0.2) is 5.43 Å². The Morgan fingerprint density at radius 2 is 2.00 bits per heavy atom. The first-order chi connectivity index (χ1) is 9.38. The molecule has 0 amide bonds. The van der Waals surface area contributed by atoms with Gasteiger partial charge in [-0.3, -0.25) is 15.8 Å². The van der Waals surface area contributed by atoms with E-state index in [-0.39, 0.29) is 6.17 Å². The summed E-state index contributed by atoms with van der Waals surface area (Å²) in [5, 5.41) is 3.33. The highest BCUT2D eigenvalue weighted by atomic mass is 15.3. The Labute approximate surface area is 111 Å². The fraction of sp³-hybridized carbons (Fsp3) is 0.143. The Morgan fingerprint density at radius 1 is 1.16 bits per heavy atom. The van der Waals surface area contributed by atoms with Gasteiger partial charge in [0, 0.05) is 17.4 Å². The van der Waals surface area contributed by atoms with Crippen molar-refractivity contribution >= 4 is 11.4 Å². The third-order valence-corrected chi connectivity index (χ3v) is 3.05. The van der Waals surface area contributed by atoms with Crippen LogP contribution in [0.3, 0.4) is 0 Å². The molecule has 19 heavy (non-hydrogen) atoms. The van der Waals surface area contributed by atoms with Crippen LogP contribution >= 0.6 is 0 Å². The van der Waals surface area contributed by atoms with Gasteiger partial charge in [0.1, 0.15) is 6.17 Å². The average Bonchev–Trinajstić information content (AvgIpc) is 2.67. The maximum atomic E-state index is 5.52. The molecule has 5 nitrogen and oxygen atoms in total. The van der Waals surface area contributed by atoms with E-state index in [0.717, 1.165) is 22.7 Å². The summed E-state index contributed by atoms with van der Waals surface area (Å²) in [6.45, 7) is 0.553. The molecule has 1 aromatic heterocycles. The second kappa shape index (κ2) is 5.17. The molecular weight excluding hydrogens is 238 g/mol. The molecule has 96 valence electrons. The van der Waals surface area contributed by atoms with Crippen molar-refractivity contribution in [2.75, 3.05) is 11.9 Å². The number of hydrogen-bond donors (Lipinski definition) is 3. The highest BCUT2D eigenvalue weighted by Crippen LogP contribution is 2.22. The normalized spacial score (nSPS) is 17.9. The van der Waals surface area contributed by atoms with Crippen molar-refractivity contribution in [2.45, 2.75) is 6.17 Å². The van der Waals surface area contributed by atoms with Crippen molar-refractivity contribution in [1.82, 2.24) is 10.4 Å². The van der Waals surface area contributed by atoms with Crippen molar-refractivity contribution in [1.29, 1.82) is 0 Å². The standard InChI is InChI=1S/C14H15N5/c15-19-13-9-17-14(12-7-3-4-8-16-12)10-5-1-2-6-11(10)18-13/h1-8,13,18-19H,9,15H2. The molecule has 0 spiro atoms. The summed E-state index contributed by atoms with van der Waals surface area (Å²) < 4.78 is 0. The molecule has 0 aliphatic carbocycles. The summed E-state index contributed by atoms with van der Waals surface area (Å²) in [4.78, 5) is 9.02. The number of para-hydroxylation sites is 1. The largest absolute Gasteiger partial charge is 0.367 e. The first kappa shape index (κ1) is 11.8. The Morgan fingerprint density at radius 3 is 2.79 bits per heavy atom. The Kier molecular flexibility index (Phi) is 3.22. The summed E-state index contributed by atoms with van der Waals surface area (Å²) >= 11 is 0. The second-order valence-corrected chi connectivity index (χ2v) is 4.31. The van der Waals surface area contributed by atoms with Crippen LogP contribution in [0, 0.1) is 0 Å². The fourth-order valence-electron chi connectivity index (χ4n) is 2.13. The van der Waals surface area contributed by atoms with Gasteiger partial charge in [0.25, 0.3) is 0 Å². The van der Waals surface area contributed by atoms with Gasteiger partial charge < -0.3 is 5.32 Å². The molecule has 0 radical (unpaired) electrons. The van der Waals surface area contributed by atoms with Gasteiger partial charge in [-0.15, -0.1) is 0 Å². The molecule has 0 saturated carbocycles. The van der Waals surface area contributed by atoms with E-state index >= 15 is 0 Å². The summed E-state index contributed by atoms with van der Waals surface area (Å²) in [6, 6.07) is 13.9. The maximum absolute atomic E-state index is 5.52.